The zero-order valence-electron chi connectivity index (χ0n) is 20.8. The van der Waals surface area contributed by atoms with Gasteiger partial charge < -0.3 is 9.99 Å². The fourth-order valence-electron chi connectivity index (χ4n) is 0.142. The molecule has 0 aliphatic carbocycles. The minimum absolute atomic E-state index is 0.167. The van der Waals surface area contributed by atoms with Gasteiger partial charge in [-0.05, 0) is 13.8 Å². The van der Waals surface area contributed by atoms with Crippen LogP contribution < -0.4 is 0 Å². The third-order valence-electron chi connectivity index (χ3n) is 0.226. The SMILES string of the molecule is C=C.C=C(C)O.C=C(C)OOC.CC.CC.CC.CC.CC.CCC. The second-order valence-corrected chi connectivity index (χ2v) is 2.39. The molecule has 0 unspecified atom stereocenters. The average Bonchev–Trinajstić information content (AvgIpc) is 2.65. The van der Waals surface area contributed by atoms with Gasteiger partial charge in [-0.1, -0.05) is 103 Å². The molecule has 0 radical (unpaired) electrons. The van der Waals surface area contributed by atoms with E-state index in [1.165, 1.54) is 20.5 Å². The highest BCUT2D eigenvalue weighted by molar-refractivity contribution is 4.70. The zero-order chi connectivity index (χ0) is 23.3. The molecule has 0 fully saturated rings. The molecule has 0 aromatic rings. The van der Waals surface area contributed by atoms with Crippen LogP contribution in [0, 0.1) is 0 Å². The van der Waals surface area contributed by atoms with Crippen LogP contribution in [0.25, 0.3) is 0 Å². The summed E-state index contributed by atoms with van der Waals surface area (Å²) in [5, 5.41) is 7.86. The number of rotatable bonds is 2. The summed E-state index contributed by atoms with van der Waals surface area (Å²) in [6.45, 7) is 40.0. The number of aliphatic hydroxyl groups excluding tert-OH is 1. The van der Waals surface area contributed by atoms with Crippen molar-refractivity contribution in [3.8, 4) is 0 Å². The Labute approximate surface area is 163 Å². The van der Waals surface area contributed by atoms with Crippen LogP contribution in [0.5, 0.6) is 0 Å². The molecule has 0 heterocycles. The third-order valence-corrected chi connectivity index (χ3v) is 0.226. The van der Waals surface area contributed by atoms with Gasteiger partial charge in [-0.15, -0.1) is 13.2 Å². The highest BCUT2D eigenvalue weighted by Crippen LogP contribution is 1.85. The van der Waals surface area contributed by atoms with E-state index in [0.717, 1.165) is 0 Å². The summed E-state index contributed by atoms with van der Waals surface area (Å²) in [6, 6.07) is 0. The van der Waals surface area contributed by atoms with Crippen LogP contribution in [-0.2, 0) is 9.78 Å². The number of allylic oxidation sites excluding steroid dienone is 2. The van der Waals surface area contributed by atoms with Crippen molar-refractivity contribution >= 4 is 0 Å². The molecule has 0 amide bonds. The summed E-state index contributed by atoms with van der Waals surface area (Å²) in [4.78, 5) is 8.55. The first-order chi connectivity index (χ1) is 11.9. The van der Waals surface area contributed by atoms with Gasteiger partial charge in [0.05, 0.1) is 12.9 Å². The van der Waals surface area contributed by atoms with Crippen molar-refractivity contribution in [2.24, 2.45) is 0 Å². The monoisotopic (exact) mass is 368 g/mol. The molecule has 0 aromatic heterocycles. The van der Waals surface area contributed by atoms with Crippen LogP contribution in [0.4, 0.5) is 0 Å². The molecular weight excluding hydrogens is 312 g/mol. The van der Waals surface area contributed by atoms with Crippen molar-refractivity contribution in [1.29, 1.82) is 0 Å². The molecule has 0 saturated heterocycles. The highest BCUT2D eigenvalue weighted by atomic mass is 17.2. The molecule has 0 aliphatic heterocycles. The van der Waals surface area contributed by atoms with Gasteiger partial charge in [-0.3, -0.25) is 0 Å². The number of hydrogen-bond donors (Lipinski definition) is 1. The number of aliphatic hydroxyl groups is 1. The van der Waals surface area contributed by atoms with E-state index in [4.69, 9.17) is 5.11 Å². The van der Waals surface area contributed by atoms with E-state index in [9.17, 15) is 0 Å². The lowest BCUT2D eigenvalue weighted by Gasteiger charge is -1.93. The Morgan fingerprint density at radius 3 is 0.840 bits per heavy atom. The van der Waals surface area contributed by atoms with E-state index < -0.39 is 0 Å². The summed E-state index contributed by atoms with van der Waals surface area (Å²) in [5.41, 5.74) is 0. The quantitative estimate of drug-likeness (QED) is 0.228. The molecule has 3 nitrogen and oxygen atoms in total. The van der Waals surface area contributed by atoms with Crippen molar-refractivity contribution in [2.75, 3.05) is 7.11 Å². The predicted molar refractivity (Wildman–Crippen MR) is 124 cm³/mol. The van der Waals surface area contributed by atoms with E-state index in [-0.39, 0.29) is 5.76 Å². The lowest BCUT2D eigenvalue weighted by atomic mass is 10.6. The van der Waals surface area contributed by atoms with E-state index >= 15 is 0 Å². The lowest BCUT2D eigenvalue weighted by Crippen LogP contribution is -1.80. The topological polar surface area (TPSA) is 38.7 Å². The van der Waals surface area contributed by atoms with Crippen molar-refractivity contribution in [3.05, 3.63) is 37.8 Å². The van der Waals surface area contributed by atoms with Crippen LogP contribution in [0.15, 0.2) is 37.8 Å². The maximum absolute atomic E-state index is 7.86. The summed E-state index contributed by atoms with van der Waals surface area (Å²) >= 11 is 0. The molecule has 162 valence electrons. The minimum Gasteiger partial charge on any atom is -0.513 e. The van der Waals surface area contributed by atoms with Gasteiger partial charge in [-0.25, -0.2) is 0 Å². The Hall–Kier alpha value is -1.22. The Balaban J connectivity index is -0.0000000173. The maximum Gasteiger partial charge on any atom is 0.132 e. The van der Waals surface area contributed by atoms with Gasteiger partial charge in [0.15, 0.2) is 0 Å². The molecule has 0 aliphatic rings. The summed E-state index contributed by atoms with van der Waals surface area (Å²) in [7, 11) is 1.44. The summed E-state index contributed by atoms with van der Waals surface area (Å²) in [6.07, 6.45) is 1.25. The Bertz CT molecular complexity index is 129. The molecule has 1 N–H and O–H groups in total. The molecule has 0 rings (SSSR count). The zero-order valence-corrected chi connectivity index (χ0v) is 20.8. The highest BCUT2D eigenvalue weighted by Gasteiger charge is 1.74. The molecule has 3 heteroatoms. The average molecular weight is 369 g/mol. The fraction of sp³-hybridized carbons (Fsp3) is 0.727. The molecule has 0 aromatic carbocycles. The second kappa shape index (κ2) is 179. The van der Waals surface area contributed by atoms with E-state index in [1.807, 2.05) is 69.2 Å². The van der Waals surface area contributed by atoms with Crippen molar-refractivity contribution in [2.45, 2.75) is 103 Å². The first kappa shape index (κ1) is 56.5. The Morgan fingerprint density at radius 2 is 0.840 bits per heavy atom. The Morgan fingerprint density at radius 1 is 0.720 bits per heavy atom. The Kier molecular flexibility index (Phi) is 403. The maximum atomic E-state index is 7.86. The largest absolute Gasteiger partial charge is 0.513 e. The van der Waals surface area contributed by atoms with Gasteiger partial charge in [0, 0.05) is 0 Å². The lowest BCUT2D eigenvalue weighted by molar-refractivity contribution is -0.236. The summed E-state index contributed by atoms with van der Waals surface area (Å²) in [5.74, 6) is 0.734. The van der Waals surface area contributed by atoms with Crippen molar-refractivity contribution < 1.29 is 14.9 Å². The molecule has 0 saturated carbocycles. The van der Waals surface area contributed by atoms with Crippen LogP contribution >= 0.6 is 0 Å². The molecule has 0 bridgehead atoms. The van der Waals surface area contributed by atoms with Gasteiger partial charge in [0.25, 0.3) is 0 Å². The minimum atomic E-state index is 0.167. The van der Waals surface area contributed by atoms with E-state index in [0.29, 0.717) is 5.76 Å². The van der Waals surface area contributed by atoms with E-state index in [1.54, 1.807) is 6.92 Å². The molecule has 0 atom stereocenters. The van der Waals surface area contributed by atoms with Crippen LogP contribution in [0.3, 0.4) is 0 Å². The van der Waals surface area contributed by atoms with Gasteiger partial charge >= 0.3 is 0 Å². The fourth-order valence-corrected chi connectivity index (χ4v) is 0.142. The first-order valence-corrected chi connectivity index (χ1v) is 9.62. The normalized spacial score (nSPS) is 4.92. The predicted octanol–water partition coefficient (Wildman–Crippen LogP) is 9.53. The smallest absolute Gasteiger partial charge is 0.132 e. The van der Waals surface area contributed by atoms with Gasteiger partial charge in [0.2, 0.25) is 0 Å². The van der Waals surface area contributed by atoms with Gasteiger partial charge in [0.1, 0.15) is 5.76 Å². The number of hydrogen-bond acceptors (Lipinski definition) is 3. The van der Waals surface area contributed by atoms with Crippen LogP contribution in [-0.4, -0.2) is 12.2 Å². The summed E-state index contributed by atoms with van der Waals surface area (Å²) < 4.78 is 0. The van der Waals surface area contributed by atoms with Crippen LogP contribution in [0.1, 0.15) is 103 Å². The van der Waals surface area contributed by atoms with Crippen molar-refractivity contribution in [1.82, 2.24) is 0 Å². The first-order valence-electron chi connectivity index (χ1n) is 9.62. The standard InChI is InChI=1S/C4H8O2.C3H6O.C3H8.5C2H6.C2H4/c1-4(2)6-5-3;1-3(2)4;1-3-2;6*1-2/h1H2,2-3H3;4H,1H2,2H3;3H2,1-2H3;5*1-2H3;1-2H2. The van der Waals surface area contributed by atoms with Crippen molar-refractivity contribution in [3.63, 3.8) is 0 Å². The van der Waals surface area contributed by atoms with Crippen LogP contribution in [0.2, 0.25) is 0 Å². The van der Waals surface area contributed by atoms with E-state index in [2.05, 4.69) is 49.9 Å². The van der Waals surface area contributed by atoms with Gasteiger partial charge in [-0.2, -0.15) is 4.89 Å². The molecule has 0 spiro atoms. The molecule has 25 heavy (non-hydrogen) atoms. The third kappa shape index (κ3) is 3100. The second-order valence-electron chi connectivity index (χ2n) is 2.39. The molecular formula is C22H56O3.